The Hall–Kier alpha value is -0.100. The highest BCUT2D eigenvalue weighted by Gasteiger charge is 2.30. The molecular weight excluding hydrogens is 345 g/mol. The molecular formula is C13H18INOS. The third kappa shape index (κ3) is 3.02. The molecule has 0 N–H and O–H groups in total. The molecule has 0 aromatic carbocycles. The van der Waals surface area contributed by atoms with Gasteiger partial charge >= 0.3 is 0 Å². The number of hydrogen-bond donors (Lipinski definition) is 0. The lowest BCUT2D eigenvalue weighted by Gasteiger charge is -2.38. The predicted molar refractivity (Wildman–Crippen MR) is 80.6 cm³/mol. The molecule has 1 aromatic heterocycles. The van der Waals surface area contributed by atoms with Crippen LogP contribution in [0.1, 0.15) is 43.5 Å². The Labute approximate surface area is 121 Å². The van der Waals surface area contributed by atoms with Crippen LogP contribution in [0.5, 0.6) is 0 Å². The zero-order valence-electron chi connectivity index (χ0n) is 10.3. The third-order valence-corrected chi connectivity index (χ3v) is 5.71. The molecule has 1 aliphatic rings. The van der Waals surface area contributed by atoms with E-state index in [1.165, 1.54) is 9.30 Å². The summed E-state index contributed by atoms with van der Waals surface area (Å²) in [5.41, 5.74) is 1.30. The van der Waals surface area contributed by atoms with Crippen molar-refractivity contribution >= 4 is 39.8 Å². The molecule has 0 aliphatic carbocycles. The first kappa shape index (κ1) is 13.3. The van der Waals surface area contributed by atoms with Crippen molar-refractivity contribution in [3.05, 3.63) is 19.9 Å². The van der Waals surface area contributed by atoms with Crippen LogP contribution in [-0.2, 0) is 0 Å². The number of rotatable bonds is 2. The van der Waals surface area contributed by atoms with E-state index in [4.69, 9.17) is 0 Å². The molecule has 0 saturated carbocycles. The number of carbonyl (C=O) groups is 1. The van der Waals surface area contributed by atoms with E-state index >= 15 is 0 Å². The second-order valence-electron chi connectivity index (χ2n) is 5.10. The van der Waals surface area contributed by atoms with Crippen molar-refractivity contribution in [1.29, 1.82) is 0 Å². The average molecular weight is 363 g/mol. The molecule has 0 spiro atoms. The van der Waals surface area contributed by atoms with Gasteiger partial charge in [-0.3, -0.25) is 4.79 Å². The molecule has 0 atom stereocenters. The highest BCUT2D eigenvalue weighted by atomic mass is 127. The van der Waals surface area contributed by atoms with Crippen LogP contribution in [0.25, 0.3) is 0 Å². The molecule has 94 valence electrons. The second-order valence-corrected chi connectivity index (χ2v) is 7.90. The van der Waals surface area contributed by atoms with E-state index in [9.17, 15) is 4.79 Å². The van der Waals surface area contributed by atoms with Gasteiger partial charge < -0.3 is 4.90 Å². The fourth-order valence-electron chi connectivity index (χ4n) is 2.21. The fourth-order valence-corrected chi connectivity index (χ4v) is 3.53. The zero-order chi connectivity index (χ0) is 12.5. The van der Waals surface area contributed by atoms with Crippen LogP contribution < -0.4 is 0 Å². The Balaban J connectivity index is 1.99. The van der Waals surface area contributed by atoms with Crippen molar-refractivity contribution in [2.24, 2.45) is 5.41 Å². The van der Waals surface area contributed by atoms with Gasteiger partial charge in [-0.05, 0) is 46.9 Å². The summed E-state index contributed by atoms with van der Waals surface area (Å²) in [6.07, 6.45) is 3.48. The highest BCUT2D eigenvalue weighted by Crippen LogP contribution is 2.34. The number of amides is 1. The Bertz CT molecular complexity index is 407. The molecule has 2 rings (SSSR count). The van der Waals surface area contributed by atoms with E-state index in [1.807, 2.05) is 16.3 Å². The molecule has 1 saturated heterocycles. The van der Waals surface area contributed by atoms with Crippen LogP contribution in [-0.4, -0.2) is 23.9 Å². The smallest absolute Gasteiger partial charge is 0.254 e. The second kappa shape index (κ2) is 5.26. The maximum Gasteiger partial charge on any atom is 0.254 e. The number of thiophene rings is 1. The first-order chi connectivity index (χ1) is 8.04. The van der Waals surface area contributed by atoms with Gasteiger partial charge in [0.15, 0.2) is 0 Å². The number of hydrogen-bond acceptors (Lipinski definition) is 2. The number of likely N-dealkylation sites (tertiary alicyclic amines) is 1. The van der Waals surface area contributed by atoms with E-state index in [0.717, 1.165) is 31.5 Å². The first-order valence-electron chi connectivity index (χ1n) is 6.07. The summed E-state index contributed by atoms with van der Waals surface area (Å²) in [6.45, 7) is 6.41. The first-order valence-corrected chi connectivity index (χ1v) is 8.03. The molecule has 2 heterocycles. The van der Waals surface area contributed by atoms with Crippen LogP contribution in [0.15, 0.2) is 11.4 Å². The summed E-state index contributed by atoms with van der Waals surface area (Å²) >= 11 is 3.90. The van der Waals surface area contributed by atoms with E-state index in [2.05, 4.69) is 36.4 Å². The molecule has 2 nitrogen and oxygen atoms in total. The lowest BCUT2D eigenvalue weighted by Crippen LogP contribution is -2.41. The van der Waals surface area contributed by atoms with Crippen molar-refractivity contribution in [2.45, 2.75) is 33.1 Å². The maximum absolute atomic E-state index is 12.2. The Morgan fingerprint density at radius 2 is 2.18 bits per heavy atom. The topological polar surface area (TPSA) is 20.3 Å². The maximum atomic E-state index is 12.2. The van der Waals surface area contributed by atoms with Gasteiger partial charge in [0, 0.05) is 18.5 Å². The lowest BCUT2D eigenvalue weighted by molar-refractivity contribution is 0.0601. The summed E-state index contributed by atoms with van der Waals surface area (Å²) in [5.74, 6) is 0.210. The van der Waals surface area contributed by atoms with E-state index in [1.54, 1.807) is 11.3 Å². The summed E-state index contributed by atoms with van der Waals surface area (Å²) < 4.78 is 1.18. The van der Waals surface area contributed by atoms with Crippen molar-refractivity contribution in [2.75, 3.05) is 13.1 Å². The van der Waals surface area contributed by atoms with Gasteiger partial charge in [-0.15, -0.1) is 11.3 Å². The highest BCUT2D eigenvalue weighted by molar-refractivity contribution is 14.1. The van der Waals surface area contributed by atoms with Crippen molar-refractivity contribution in [3.8, 4) is 0 Å². The predicted octanol–water partition coefficient (Wildman–Crippen LogP) is 4.01. The molecule has 1 aliphatic heterocycles. The Kier molecular flexibility index (Phi) is 4.13. The Morgan fingerprint density at radius 3 is 2.65 bits per heavy atom. The van der Waals surface area contributed by atoms with Crippen LogP contribution >= 0.6 is 33.9 Å². The molecule has 1 aromatic rings. The van der Waals surface area contributed by atoms with Gasteiger partial charge in [0.05, 0.1) is 8.45 Å². The minimum absolute atomic E-state index is 0.210. The fraction of sp³-hybridized carbons (Fsp3) is 0.615. The van der Waals surface area contributed by atoms with Crippen LogP contribution in [0.3, 0.4) is 0 Å². The monoisotopic (exact) mass is 363 g/mol. The number of nitrogens with zero attached hydrogens (tertiary/aromatic N) is 1. The molecule has 0 bridgehead atoms. The van der Waals surface area contributed by atoms with Gasteiger partial charge in [-0.1, -0.05) is 20.3 Å². The third-order valence-electron chi connectivity index (χ3n) is 3.93. The number of halogens is 1. The van der Waals surface area contributed by atoms with Crippen molar-refractivity contribution < 1.29 is 4.79 Å². The normalized spacial score (nSPS) is 19.4. The summed E-state index contributed by atoms with van der Waals surface area (Å²) in [7, 11) is 0. The number of piperidine rings is 1. The summed E-state index contributed by atoms with van der Waals surface area (Å²) in [6, 6.07) is 1.99. The van der Waals surface area contributed by atoms with Crippen LogP contribution in [0.4, 0.5) is 0 Å². The zero-order valence-corrected chi connectivity index (χ0v) is 13.3. The average Bonchev–Trinajstić information content (AvgIpc) is 2.76. The van der Waals surface area contributed by atoms with E-state index < -0.39 is 0 Å². The van der Waals surface area contributed by atoms with Crippen molar-refractivity contribution in [3.63, 3.8) is 0 Å². The van der Waals surface area contributed by atoms with E-state index in [-0.39, 0.29) is 5.91 Å². The molecule has 17 heavy (non-hydrogen) atoms. The van der Waals surface area contributed by atoms with Gasteiger partial charge in [-0.25, -0.2) is 0 Å². The Morgan fingerprint density at radius 1 is 1.53 bits per heavy atom. The standard InChI is InChI=1S/C13H18INOS/c1-3-13(2)4-6-15(7-5-13)12(16)10-8-11(14)17-9-10/h8-9H,3-7H2,1-2H3. The summed E-state index contributed by atoms with van der Waals surface area (Å²) in [5, 5.41) is 1.97. The van der Waals surface area contributed by atoms with Crippen molar-refractivity contribution in [1.82, 2.24) is 4.90 Å². The minimum atomic E-state index is 0.210. The molecule has 1 amide bonds. The SMILES string of the molecule is CCC1(C)CCN(C(=O)c2csc(I)c2)CC1. The van der Waals surface area contributed by atoms with E-state index in [0.29, 0.717) is 5.41 Å². The lowest BCUT2D eigenvalue weighted by atomic mass is 9.78. The molecule has 4 heteroatoms. The minimum Gasteiger partial charge on any atom is -0.339 e. The number of carbonyl (C=O) groups excluding carboxylic acids is 1. The van der Waals surface area contributed by atoms with Gasteiger partial charge in [0.25, 0.3) is 5.91 Å². The molecule has 0 unspecified atom stereocenters. The quantitative estimate of drug-likeness (QED) is 0.728. The van der Waals surface area contributed by atoms with Gasteiger partial charge in [0.1, 0.15) is 0 Å². The van der Waals surface area contributed by atoms with Crippen LogP contribution in [0, 0.1) is 8.30 Å². The van der Waals surface area contributed by atoms with Gasteiger partial charge in [0.2, 0.25) is 0 Å². The largest absolute Gasteiger partial charge is 0.339 e. The summed E-state index contributed by atoms with van der Waals surface area (Å²) in [4.78, 5) is 14.3. The van der Waals surface area contributed by atoms with Gasteiger partial charge in [-0.2, -0.15) is 0 Å². The molecule has 0 radical (unpaired) electrons. The molecule has 1 fully saturated rings. The van der Waals surface area contributed by atoms with Crippen LogP contribution in [0.2, 0.25) is 0 Å².